The minimum atomic E-state index is -3.65. The Morgan fingerprint density at radius 2 is 1.96 bits per heavy atom. The van der Waals surface area contributed by atoms with Gasteiger partial charge >= 0.3 is 0 Å². The molecule has 0 aliphatic rings. The number of carbonyl (C=O) groups excluding carboxylic acids is 1. The van der Waals surface area contributed by atoms with E-state index in [9.17, 15) is 13.2 Å². The Hall–Kier alpha value is -2.78. The summed E-state index contributed by atoms with van der Waals surface area (Å²) in [5.74, 6) is 0.667. The summed E-state index contributed by atoms with van der Waals surface area (Å²) < 4.78 is 28.5. The molecule has 0 spiro atoms. The van der Waals surface area contributed by atoms with Gasteiger partial charge in [-0.2, -0.15) is 0 Å². The minimum Gasteiger partial charge on any atom is -0.354 e. The van der Waals surface area contributed by atoms with Crippen molar-refractivity contribution >= 4 is 27.0 Å². The van der Waals surface area contributed by atoms with Gasteiger partial charge in [0.05, 0.1) is 11.0 Å². The zero-order valence-electron chi connectivity index (χ0n) is 14.9. The Balaban J connectivity index is 1.46. The molecule has 8 nitrogen and oxygen atoms in total. The van der Waals surface area contributed by atoms with Crippen molar-refractivity contribution in [2.75, 3.05) is 13.1 Å². The number of nitrogens with zero attached hydrogens (tertiary/aromatic N) is 3. The number of sulfonamides is 1. The van der Waals surface area contributed by atoms with Gasteiger partial charge in [-0.05, 0) is 31.2 Å². The van der Waals surface area contributed by atoms with Gasteiger partial charge in [0.15, 0.2) is 0 Å². The van der Waals surface area contributed by atoms with Crippen molar-refractivity contribution in [1.29, 1.82) is 0 Å². The summed E-state index contributed by atoms with van der Waals surface area (Å²) in [6.45, 7) is 2.99. The fourth-order valence-corrected chi connectivity index (χ4v) is 3.76. The Morgan fingerprint density at radius 3 is 2.74 bits per heavy atom. The van der Waals surface area contributed by atoms with Crippen molar-refractivity contribution in [3.05, 3.63) is 54.6 Å². The molecule has 0 aliphatic heterocycles. The number of nitrogens with one attached hydrogen (secondary N) is 2. The molecule has 2 N–H and O–H groups in total. The second kappa shape index (κ2) is 8.28. The lowest BCUT2D eigenvalue weighted by Crippen LogP contribution is -2.32. The second-order valence-corrected chi connectivity index (χ2v) is 7.75. The zero-order chi connectivity index (χ0) is 19.3. The lowest BCUT2D eigenvalue weighted by atomic mass is 10.3. The number of pyridine rings is 1. The molecule has 0 saturated heterocycles. The van der Waals surface area contributed by atoms with E-state index in [0.29, 0.717) is 13.1 Å². The summed E-state index contributed by atoms with van der Waals surface area (Å²) in [5.41, 5.74) is 1.94. The van der Waals surface area contributed by atoms with Gasteiger partial charge in [-0.15, -0.1) is 0 Å². The molecule has 3 rings (SSSR count). The normalized spacial score (nSPS) is 11.6. The van der Waals surface area contributed by atoms with Crippen LogP contribution in [0.2, 0.25) is 0 Å². The van der Waals surface area contributed by atoms with E-state index in [1.807, 2.05) is 35.8 Å². The largest absolute Gasteiger partial charge is 0.354 e. The standard InChI is InChI=1S/C18H21N5O3S/c1-14-22-16-6-2-3-7-17(16)23(14)12-11-20-18(24)8-10-21-27(25,26)15-5-4-9-19-13-15/h2-7,9,13,21H,8,10-12H2,1H3,(H,20,24). The average Bonchev–Trinajstić information content (AvgIpc) is 2.98. The first-order chi connectivity index (χ1) is 13.0. The van der Waals surface area contributed by atoms with E-state index in [2.05, 4.69) is 20.0 Å². The first-order valence-electron chi connectivity index (χ1n) is 8.55. The average molecular weight is 387 g/mol. The van der Waals surface area contributed by atoms with Crippen LogP contribution in [-0.4, -0.2) is 41.9 Å². The number of hydrogen-bond acceptors (Lipinski definition) is 5. The van der Waals surface area contributed by atoms with Crippen LogP contribution in [0.1, 0.15) is 12.2 Å². The molecule has 0 unspecified atom stereocenters. The molecule has 9 heteroatoms. The first kappa shape index (κ1) is 19.0. The highest BCUT2D eigenvalue weighted by Gasteiger charge is 2.14. The molecule has 0 fully saturated rings. The molecule has 0 aliphatic carbocycles. The summed E-state index contributed by atoms with van der Waals surface area (Å²) in [6, 6.07) is 10.8. The maximum absolute atomic E-state index is 12.1. The van der Waals surface area contributed by atoms with Crippen LogP contribution in [0.5, 0.6) is 0 Å². The molecule has 0 radical (unpaired) electrons. The first-order valence-corrected chi connectivity index (χ1v) is 10.0. The summed E-state index contributed by atoms with van der Waals surface area (Å²) in [5, 5.41) is 2.80. The molecular weight excluding hydrogens is 366 g/mol. The summed E-state index contributed by atoms with van der Waals surface area (Å²) in [7, 11) is -3.65. The smallest absolute Gasteiger partial charge is 0.242 e. The molecule has 1 aromatic carbocycles. The zero-order valence-corrected chi connectivity index (χ0v) is 15.7. The summed E-state index contributed by atoms with van der Waals surface area (Å²) >= 11 is 0. The molecule has 2 heterocycles. The van der Waals surface area contributed by atoms with Crippen molar-refractivity contribution < 1.29 is 13.2 Å². The number of para-hydroxylation sites is 2. The number of amides is 1. The SMILES string of the molecule is Cc1nc2ccccc2n1CCNC(=O)CCNS(=O)(=O)c1cccnc1. The third-order valence-corrected chi connectivity index (χ3v) is 5.54. The lowest BCUT2D eigenvalue weighted by molar-refractivity contribution is -0.120. The summed E-state index contributed by atoms with van der Waals surface area (Å²) in [4.78, 5) is 20.3. The van der Waals surface area contributed by atoms with Crippen LogP contribution in [0.25, 0.3) is 11.0 Å². The van der Waals surface area contributed by atoms with Crippen LogP contribution >= 0.6 is 0 Å². The fourth-order valence-electron chi connectivity index (χ4n) is 2.76. The number of aromatic nitrogens is 3. The molecule has 27 heavy (non-hydrogen) atoms. The highest BCUT2D eigenvalue weighted by molar-refractivity contribution is 7.89. The van der Waals surface area contributed by atoms with Crippen LogP contribution in [-0.2, 0) is 21.4 Å². The highest BCUT2D eigenvalue weighted by atomic mass is 32.2. The molecule has 2 aromatic heterocycles. The molecule has 0 bridgehead atoms. The maximum atomic E-state index is 12.1. The van der Waals surface area contributed by atoms with Gasteiger partial charge in [0.1, 0.15) is 10.7 Å². The topological polar surface area (TPSA) is 106 Å². The van der Waals surface area contributed by atoms with E-state index in [4.69, 9.17) is 0 Å². The summed E-state index contributed by atoms with van der Waals surface area (Å²) in [6.07, 6.45) is 2.82. The van der Waals surface area contributed by atoms with E-state index in [1.54, 1.807) is 6.07 Å². The number of benzene rings is 1. The Bertz CT molecular complexity index is 1030. The fraction of sp³-hybridized carbons (Fsp3) is 0.278. The number of hydrogen-bond donors (Lipinski definition) is 2. The predicted molar refractivity (Wildman–Crippen MR) is 102 cm³/mol. The number of imidazole rings is 1. The second-order valence-electron chi connectivity index (χ2n) is 5.99. The van der Waals surface area contributed by atoms with Gasteiger partial charge < -0.3 is 9.88 Å². The van der Waals surface area contributed by atoms with Crippen molar-refractivity contribution in [3.8, 4) is 0 Å². The molecule has 0 atom stereocenters. The van der Waals surface area contributed by atoms with Crippen LogP contribution in [0, 0.1) is 6.92 Å². The number of fused-ring (bicyclic) bond motifs is 1. The van der Waals surface area contributed by atoms with Crippen molar-refractivity contribution in [2.24, 2.45) is 0 Å². The van der Waals surface area contributed by atoms with E-state index >= 15 is 0 Å². The third kappa shape index (κ3) is 4.69. The van der Waals surface area contributed by atoms with E-state index in [-0.39, 0.29) is 23.8 Å². The molecule has 1 amide bonds. The lowest BCUT2D eigenvalue weighted by Gasteiger charge is -2.09. The van der Waals surface area contributed by atoms with Crippen molar-refractivity contribution in [1.82, 2.24) is 24.6 Å². The minimum absolute atomic E-state index is 0.0239. The number of carbonyl (C=O) groups is 1. The van der Waals surface area contributed by atoms with Crippen molar-refractivity contribution in [3.63, 3.8) is 0 Å². The quantitative estimate of drug-likeness (QED) is 0.605. The Labute approximate surface area is 157 Å². The molecule has 0 saturated carbocycles. The predicted octanol–water partition coefficient (Wildman–Crippen LogP) is 1.22. The van der Waals surface area contributed by atoms with Crippen LogP contribution in [0.4, 0.5) is 0 Å². The highest BCUT2D eigenvalue weighted by Crippen LogP contribution is 2.14. The van der Waals surface area contributed by atoms with Crippen LogP contribution in [0.3, 0.4) is 0 Å². The van der Waals surface area contributed by atoms with E-state index < -0.39 is 10.0 Å². The third-order valence-electron chi connectivity index (χ3n) is 4.09. The maximum Gasteiger partial charge on any atom is 0.242 e. The molecular formula is C18H21N5O3S. The van der Waals surface area contributed by atoms with E-state index in [0.717, 1.165) is 16.9 Å². The van der Waals surface area contributed by atoms with Gasteiger partial charge in [-0.3, -0.25) is 9.78 Å². The Morgan fingerprint density at radius 1 is 1.15 bits per heavy atom. The molecule has 142 valence electrons. The van der Waals surface area contributed by atoms with Gasteiger partial charge in [-0.25, -0.2) is 18.1 Å². The van der Waals surface area contributed by atoms with Crippen LogP contribution < -0.4 is 10.0 Å². The van der Waals surface area contributed by atoms with Gasteiger partial charge in [-0.1, -0.05) is 12.1 Å². The number of rotatable bonds is 8. The number of aryl methyl sites for hydroxylation is 1. The van der Waals surface area contributed by atoms with Gasteiger partial charge in [0.25, 0.3) is 0 Å². The van der Waals surface area contributed by atoms with Crippen molar-refractivity contribution in [2.45, 2.75) is 24.8 Å². The molecule has 3 aromatic rings. The van der Waals surface area contributed by atoms with Gasteiger partial charge in [0, 0.05) is 38.4 Å². The Kier molecular flexibility index (Phi) is 5.82. The monoisotopic (exact) mass is 387 g/mol. The van der Waals surface area contributed by atoms with Gasteiger partial charge in [0.2, 0.25) is 15.9 Å². The van der Waals surface area contributed by atoms with Crippen LogP contribution in [0.15, 0.2) is 53.7 Å². The van der Waals surface area contributed by atoms with E-state index in [1.165, 1.54) is 18.5 Å².